The van der Waals surface area contributed by atoms with Crippen molar-refractivity contribution in [2.24, 2.45) is 0 Å². The van der Waals surface area contributed by atoms with E-state index >= 15 is 0 Å². The number of hydrogen-bond donors (Lipinski definition) is 0. The lowest BCUT2D eigenvalue weighted by Crippen LogP contribution is -2.00. The standard InChI is InChI=1S/C39H23N3O2/c1-3-11-24(12-4-1)27-21-22-31(35-30-16-8-10-18-33(30)44-36(27)35)39-41-37(25-13-5-2-6-14-25)40-38(42-39)26-19-20-29-28-15-7-9-17-32(28)43-34(29)23-26/h1-23H. The van der Waals surface area contributed by atoms with Crippen LogP contribution < -0.4 is 0 Å². The molecule has 3 heterocycles. The van der Waals surface area contributed by atoms with E-state index < -0.39 is 0 Å². The topological polar surface area (TPSA) is 65.0 Å². The third kappa shape index (κ3) is 3.91. The van der Waals surface area contributed by atoms with Crippen LogP contribution in [0.15, 0.2) is 148 Å². The van der Waals surface area contributed by atoms with Crippen molar-refractivity contribution in [2.45, 2.75) is 0 Å². The molecule has 0 saturated carbocycles. The number of furan rings is 2. The summed E-state index contributed by atoms with van der Waals surface area (Å²) in [6.07, 6.45) is 0. The van der Waals surface area contributed by atoms with Crippen LogP contribution in [-0.2, 0) is 0 Å². The van der Waals surface area contributed by atoms with Gasteiger partial charge in [0.2, 0.25) is 0 Å². The number of fused-ring (bicyclic) bond motifs is 6. The average Bonchev–Trinajstić information content (AvgIpc) is 3.67. The molecule has 0 spiro atoms. The lowest BCUT2D eigenvalue weighted by atomic mass is 9.98. The highest BCUT2D eigenvalue weighted by atomic mass is 16.3. The lowest BCUT2D eigenvalue weighted by molar-refractivity contribution is 0.669. The van der Waals surface area contributed by atoms with Crippen LogP contribution in [0.2, 0.25) is 0 Å². The van der Waals surface area contributed by atoms with Gasteiger partial charge in [0.15, 0.2) is 17.5 Å². The normalized spacial score (nSPS) is 11.6. The molecule has 44 heavy (non-hydrogen) atoms. The Balaban J connectivity index is 1.31. The van der Waals surface area contributed by atoms with Crippen molar-refractivity contribution in [3.8, 4) is 45.3 Å². The minimum atomic E-state index is 0.573. The van der Waals surface area contributed by atoms with Gasteiger partial charge in [-0.15, -0.1) is 0 Å². The van der Waals surface area contributed by atoms with Gasteiger partial charge >= 0.3 is 0 Å². The van der Waals surface area contributed by atoms with Gasteiger partial charge in [-0.1, -0.05) is 103 Å². The van der Waals surface area contributed by atoms with Gasteiger partial charge in [0.25, 0.3) is 0 Å². The van der Waals surface area contributed by atoms with Crippen LogP contribution in [0.25, 0.3) is 89.2 Å². The molecule has 0 aliphatic carbocycles. The highest BCUT2D eigenvalue weighted by Gasteiger charge is 2.21. The summed E-state index contributed by atoms with van der Waals surface area (Å²) in [5, 5.41) is 4.14. The Morgan fingerprint density at radius 2 is 0.932 bits per heavy atom. The van der Waals surface area contributed by atoms with E-state index in [0.29, 0.717) is 17.5 Å². The van der Waals surface area contributed by atoms with Gasteiger partial charge in [0, 0.05) is 43.8 Å². The molecule has 9 aromatic rings. The molecule has 0 N–H and O–H groups in total. The van der Waals surface area contributed by atoms with Crippen molar-refractivity contribution < 1.29 is 8.83 Å². The smallest absolute Gasteiger partial charge is 0.164 e. The van der Waals surface area contributed by atoms with E-state index in [4.69, 9.17) is 23.8 Å². The fourth-order valence-electron chi connectivity index (χ4n) is 6.07. The average molecular weight is 566 g/mol. The second-order valence-corrected chi connectivity index (χ2v) is 10.8. The number of benzene rings is 6. The molecule has 3 aromatic heterocycles. The third-order valence-electron chi connectivity index (χ3n) is 8.16. The summed E-state index contributed by atoms with van der Waals surface area (Å²) in [4.78, 5) is 15.1. The molecule has 5 heteroatoms. The zero-order valence-electron chi connectivity index (χ0n) is 23.4. The molecular formula is C39H23N3O2. The Hall–Kier alpha value is -6.07. The van der Waals surface area contributed by atoms with Crippen molar-refractivity contribution in [3.05, 3.63) is 140 Å². The third-order valence-corrected chi connectivity index (χ3v) is 8.16. The fourth-order valence-corrected chi connectivity index (χ4v) is 6.07. The first-order chi connectivity index (χ1) is 21.8. The van der Waals surface area contributed by atoms with Crippen LogP contribution in [0.1, 0.15) is 0 Å². The molecule has 0 unspecified atom stereocenters. The van der Waals surface area contributed by atoms with E-state index in [1.54, 1.807) is 0 Å². The van der Waals surface area contributed by atoms with Crippen LogP contribution in [-0.4, -0.2) is 15.0 Å². The molecule has 0 atom stereocenters. The minimum absolute atomic E-state index is 0.573. The maximum absolute atomic E-state index is 6.52. The molecule has 6 aromatic carbocycles. The van der Waals surface area contributed by atoms with Crippen molar-refractivity contribution in [2.75, 3.05) is 0 Å². The number of rotatable bonds is 4. The molecule has 0 bridgehead atoms. The Morgan fingerprint density at radius 3 is 1.70 bits per heavy atom. The van der Waals surface area contributed by atoms with Gasteiger partial charge in [-0.05, 0) is 42.0 Å². The number of hydrogen-bond acceptors (Lipinski definition) is 5. The maximum Gasteiger partial charge on any atom is 0.164 e. The second-order valence-electron chi connectivity index (χ2n) is 10.8. The van der Waals surface area contributed by atoms with Crippen LogP contribution in [0.3, 0.4) is 0 Å². The van der Waals surface area contributed by atoms with E-state index in [0.717, 1.165) is 71.7 Å². The lowest BCUT2D eigenvalue weighted by Gasteiger charge is -2.11. The van der Waals surface area contributed by atoms with Crippen molar-refractivity contribution in [1.82, 2.24) is 15.0 Å². The fraction of sp³-hybridized carbons (Fsp3) is 0. The first-order valence-electron chi connectivity index (χ1n) is 14.5. The molecule has 0 fully saturated rings. The van der Waals surface area contributed by atoms with Crippen LogP contribution in [0.5, 0.6) is 0 Å². The van der Waals surface area contributed by atoms with Gasteiger partial charge in [-0.2, -0.15) is 0 Å². The van der Waals surface area contributed by atoms with E-state index in [2.05, 4.69) is 48.5 Å². The van der Waals surface area contributed by atoms with E-state index in [1.165, 1.54) is 0 Å². The Kier molecular flexibility index (Phi) is 5.43. The summed E-state index contributed by atoms with van der Waals surface area (Å²) in [5.74, 6) is 1.75. The van der Waals surface area contributed by atoms with E-state index in [-0.39, 0.29) is 0 Å². The van der Waals surface area contributed by atoms with Gasteiger partial charge in [0.1, 0.15) is 22.3 Å². The van der Waals surface area contributed by atoms with Crippen LogP contribution in [0.4, 0.5) is 0 Å². The summed E-state index contributed by atoms with van der Waals surface area (Å²) in [5.41, 5.74) is 8.04. The molecule has 9 rings (SSSR count). The zero-order chi connectivity index (χ0) is 29.0. The second kappa shape index (κ2) is 9.75. The molecule has 0 saturated heterocycles. The number of nitrogens with zero attached hydrogens (tertiary/aromatic N) is 3. The number of para-hydroxylation sites is 2. The highest BCUT2D eigenvalue weighted by Crippen LogP contribution is 2.41. The molecule has 0 radical (unpaired) electrons. The van der Waals surface area contributed by atoms with Crippen LogP contribution >= 0.6 is 0 Å². The summed E-state index contributed by atoms with van der Waals surface area (Å²) in [6.45, 7) is 0. The Bertz CT molecular complexity index is 2500. The summed E-state index contributed by atoms with van der Waals surface area (Å²) >= 11 is 0. The Labute approximate surface area is 252 Å². The zero-order valence-corrected chi connectivity index (χ0v) is 23.4. The molecule has 5 nitrogen and oxygen atoms in total. The maximum atomic E-state index is 6.52. The van der Waals surface area contributed by atoms with Crippen molar-refractivity contribution in [1.29, 1.82) is 0 Å². The van der Waals surface area contributed by atoms with Crippen molar-refractivity contribution >= 4 is 43.9 Å². The molecule has 0 aliphatic heterocycles. The van der Waals surface area contributed by atoms with Crippen molar-refractivity contribution in [3.63, 3.8) is 0 Å². The predicted molar refractivity (Wildman–Crippen MR) is 176 cm³/mol. The summed E-state index contributed by atoms with van der Waals surface area (Å²) in [6, 6.07) is 46.9. The molecule has 0 aliphatic rings. The number of aromatic nitrogens is 3. The monoisotopic (exact) mass is 565 g/mol. The predicted octanol–water partition coefficient (Wildman–Crippen LogP) is 10.3. The first-order valence-corrected chi connectivity index (χ1v) is 14.5. The quantitative estimate of drug-likeness (QED) is 0.212. The van der Waals surface area contributed by atoms with Gasteiger partial charge in [0.05, 0.1) is 0 Å². The Morgan fingerprint density at radius 1 is 0.364 bits per heavy atom. The minimum Gasteiger partial charge on any atom is -0.456 e. The van der Waals surface area contributed by atoms with Gasteiger partial charge in [-0.3, -0.25) is 0 Å². The van der Waals surface area contributed by atoms with E-state index in [1.807, 2.05) is 91.0 Å². The van der Waals surface area contributed by atoms with Gasteiger partial charge in [-0.25, -0.2) is 15.0 Å². The highest BCUT2D eigenvalue weighted by molar-refractivity contribution is 6.15. The van der Waals surface area contributed by atoms with Crippen LogP contribution in [0, 0.1) is 0 Å². The molecule has 0 amide bonds. The first kappa shape index (κ1) is 24.5. The van der Waals surface area contributed by atoms with Gasteiger partial charge < -0.3 is 8.83 Å². The summed E-state index contributed by atoms with van der Waals surface area (Å²) in [7, 11) is 0. The summed E-state index contributed by atoms with van der Waals surface area (Å²) < 4.78 is 12.7. The van der Waals surface area contributed by atoms with E-state index in [9.17, 15) is 0 Å². The molecular weight excluding hydrogens is 542 g/mol. The largest absolute Gasteiger partial charge is 0.456 e. The SMILES string of the molecule is c1ccc(-c2nc(-c3ccc4c(c3)oc3ccccc34)nc(-c3ccc(-c4ccccc4)c4oc5ccccc5c34)n2)cc1. The molecule has 206 valence electrons.